The molecule has 1 aliphatic carbocycles. The number of likely N-dealkylation sites (tertiary alicyclic amines) is 1. The van der Waals surface area contributed by atoms with E-state index in [9.17, 15) is 18.0 Å². The summed E-state index contributed by atoms with van der Waals surface area (Å²) >= 11 is 0. The highest BCUT2D eigenvalue weighted by Gasteiger charge is 2.45. The number of hydrogen-bond donors (Lipinski definition) is 1. The fourth-order valence-electron chi connectivity index (χ4n) is 4.21. The molecule has 0 aromatic carbocycles. The lowest BCUT2D eigenvalue weighted by atomic mass is 10.1. The van der Waals surface area contributed by atoms with E-state index in [1.165, 1.54) is 22.7 Å². The molecular formula is C18H27N5O4S. The first-order chi connectivity index (χ1) is 13.2. The molecule has 3 aliphatic rings. The van der Waals surface area contributed by atoms with E-state index in [1.54, 1.807) is 0 Å². The van der Waals surface area contributed by atoms with Gasteiger partial charge in [-0.3, -0.25) is 9.59 Å². The maximum atomic E-state index is 12.7. The van der Waals surface area contributed by atoms with Crippen LogP contribution in [0.5, 0.6) is 0 Å². The van der Waals surface area contributed by atoms with Crippen LogP contribution in [0.2, 0.25) is 0 Å². The Hall–Kier alpha value is -1.78. The number of rotatable bonds is 4. The molecule has 0 unspecified atom stereocenters. The molecule has 4 rings (SSSR count). The van der Waals surface area contributed by atoms with Crippen molar-refractivity contribution in [1.29, 1.82) is 0 Å². The second-order valence-corrected chi connectivity index (χ2v) is 10.4. The predicted molar refractivity (Wildman–Crippen MR) is 103 cm³/mol. The lowest BCUT2D eigenvalue weighted by Gasteiger charge is -2.30. The summed E-state index contributed by atoms with van der Waals surface area (Å²) < 4.78 is 27.4. The molecule has 2 fully saturated rings. The van der Waals surface area contributed by atoms with Crippen molar-refractivity contribution in [3.63, 3.8) is 0 Å². The number of aromatic amines is 1. The van der Waals surface area contributed by atoms with Gasteiger partial charge in [0.25, 0.3) is 15.8 Å². The van der Waals surface area contributed by atoms with Crippen LogP contribution in [0.4, 0.5) is 0 Å². The normalized spacial score (nSPS) is 27.9. The van der Waals surface area contributed by atoms with Gasteiger partial charge in [0, 0.05) is 38.7 Å². The highest BCUT2D eigenvalue weighted by Crippen LogP contribution is 2.42. The largest absolute Gasteiger partial charge is 0.332 e. The summed E-state index contributed by atoms with van der Waals surface area (Å²) in [6.07, 6.45) is 2.89. The van der Waals surface area contributed by atoms with Gasteiger partial charge in [-0.15, -0.1) is 0 Å². The summed E-state index contributed by atoms with van der Waals surface area (Å²) in [6, 6.07) is -0.237. The highest BCUT2D eigenvalue weighted by molar-refractivity contribution is 7.86. The van der Waals surface area contributed by atoms with Crippen molar-refractivity contribution >= 4 is 16.1 Å². The minimum Gasteiger partial charge on any atom is -0.332 e. The summed E-state index contributed by atoms with van der Waals surface area (Å²) in [5.41, 5.74) is 0.816. The number of fused-ring (bicyclic) bond motifs is 1. The van der Waals surface area contributed by atoms with E-state index in [0.717, 1.165) is 19.3 Å². The van der Waals surface area contributed by atoms with Crippen molar-refractivity contribution in [3.05, 3.63) is 27.4 Å². The lowest BCUT2D eigenvalue weighted by Crippen LogP contribution is -2.44. The van der Waals surface area contributed by atoms with Crippen LogP contribution >= 0.6 is 0 Å². The Morgan fingerprint density at radius 2 is 2.00 bits per heavy atom. The first-order valence-corrected chi connectivity index (χ1v) is 11.2. The molecule has 1 saturated carbocycles. The third-order valence-electron chi connectivity index (χ3n) is 6.12. The number of nitrogens with zero attached hydrogens (tertiary/aromatic N) is 4. The Morgan fingerprint density at radius 1 is 1.29 bits per heavy atom. The third kappa shape index (κ3) is 3.27. The molecule has 3 atom stereocenters. The topological polar surface area (TPSA) is 107 Å². The Kier molecular flexibility index (Phi) is 4.83. The summed E-state index contributed by atoms with van der Waals surface area (Å²) in [5, 5.41) is 0. The predicted octanol–water partition coefficient (Wildman–Crippen LogP) is 0.254. The van der Waals surface area contributed by atoms with E-state index >= 15 is 0 Å². The minimum atomic E-state index is -3.57. The van der Waals surface area contributed by atoms with Crippen LogP contribution in [0, 0.1) is 11.8 Å². The molecule has 28 heavy (non-hydrogen) atoms. The standard InChI is InChI=1S/C18H27N5O4S/c1-11-9-13(11)18(25)23-7-4-5-15(23)16-19-14-10-22(28(26,27)21(2)3)8-6-12(14)17(24)20-16/h11,13,15H,4-10H2,1-3H3,(H,19,20,24)/t11-,13+,15-/m1/s1. The van der Waals surface area contributed by atoms with Crippen LogP contribution in [0.1, 0.15) is 49.3 Å². The molecule has 154 valence electrons. The second-order valence-electron chi connectivity index (χ2n) is 8.26. The molecule has 1 saturated heterocycles. The van der Waals surface area contributed by atoms with Crippen molar-refractivity contribution in [3.8, 4) is 0 Å². The maximum Gasteiger partial charge on any atom is 0.281 e. The van der Waals surface area contributed by atoms with Crippen molar-refractivity contribution in [2.75, 3.05) is 27.2 Å². The van der Waals surface area contributed by atoms with E-state index < -0.39 is 10.2 Å². The Balaban J connectivity index is 1.63. The van der Waals surface area contributed by atoms with Gasteiger partial charge in [-0.1, -0.05) is 6.92 Å². The summed E-state index contributed by atoms with van der Waals surface area (Å²) in [6.45, 7) is 3.08. The van der Waals surface area contributed by atoms with Crippen molar-refractivity contribution in [1.82, 2.24) is 23.5 Å². The third-order valence-corrected chi connectivity index (χ3v) is 8.01. The van der Waals surface area contributed by atoms with Gasteiger partial charge >= 0.3 is 0 Å². The van der Waals surface area contributed by atoms with E-state index in [2.05, 4.69) is 16.9 Å². The Morgan fingerprint density at radius 3 is 2.64 bits per heavy atom. The molecule has 1 aromatic rings. The van der Waals surface area contributed by atoms with Gasteiger partial charge in [0.2, 0.25) is 5.91 Å². The van der Waals surface area contributed by atoms with Crippen LogP contribution in [0.25, 0.3) is 0 Å². The number of amides is 1. The fraction of sp³-hybridized carbons (Fsp3) is 0.722. The molecular weight excluding hydrogens is 382 g/mol. The Bertz CT molecular complexity index is 957. The zero-order valence-corrected chi connectivity index (χ0v) is 17.3. The SMILES string of the molecule is C[C@@H]1C[C@@H]1C(=O)N1CCC[C@@H]1c1nc2c(c(=O)[nH]1)CCN(S(=O)(=O)N(C)C)C2. The van der Waals surface area contributed by atoms with Gasteiger partial charge in [0.05, 0.1) is 18.3 Å². The number of aromatic nitrogens is 2. The minimum absolute atomic E-state index is 0.0765. The average Bonchev–Trinajstić information content (AvgIpc) is 3.18. The van der Waals surface area contributed by atoms with E-state index in [-0.39, 0.29) is 36.5 Å². The number of H-pyrrole nitrogens is 1. The monoisotopic (exact) mass is 409 g/mol. The van der Waals surface area contributed by atoms with Crippen molar-refractivity contribution in [2.24, 2.45) is 11.8 Å². The fourth-order valence-corrected chi connectivity index (χ4v) is 5.28. The van der Waals surface area contributed by atoms with Crippen molar-refractivity contribution in [2.45, 2.75) is 45.2 Å². The van der Waals surface area contributed by atoms with Crippen LogP contribution in [0.15, 0.2) is 4.79 Å². The van der Waals surface area contributed by atoms with Gasteiger partial charge in [0.15, 0.2) is 0 Å². The molecule has 1 N–H and O–H groups in total. The average molecular weight is 410 g/mol. The lowest BCUT2D eigenvalue weighted by molar-refractivity contribution is -0.134. The van der Waals surface area contributed by atoms with Crippen LogP contribution in [0.3, 0.4) is 0 Å². The van der Waals surface area contributed by atoms with Crippen molar-refractivity contribution < 1.29 is 13.2 Å². The molecule has 1 aromatic heterocycles. The highest BCUT2D eigenvalue weighted by atomic mass is 32.2. The molecule has 0 spiro atoms. The molecule has 9 nitrogen and oxygen atoms in total. The zero-order chi connectivity index (χ0) is 20.2. The van der Waals surface area contributed by atoms with Gasteiger partial charge in [-0.05, 0) is 31.6 Å². The first-order valence-electron chi connectivity index (χ1n) is 9.80. The van der Waals surface area contributed by atoms with Gasteiger partial charge in [-0.25, -0.2) is 4.98 Å². The Labute approximate surface area is 164 Å². The molecule has 2 aliphatic heterocycles. The van der Waals surface area contributed by atoms with Gasteiger partial charge < -0.3 is 9.88 Å². The van der Waals surface area contributed by atoms with Gasteiger partial charge in [0.1, 0.15) is 5.82 Å². The second kappa shape index (κ2) is 6.93. The molecule has 1 amide bonds. The number of hydrogen-bond acceptors (Lipinski definition) is 5. The maximum absolute atomic E-state index is 12.7. The van der Waals surface area contributed by atoms with Gasteiger partial charge in [-0.2, -0.15) is 17.0 Å². The molecule has 10 heteroatoms. The number of carbonyl (C=O) groups excluding carboxylic acids is 1. The molecule has 0 bridgehead atoms. The van der Waals surface area contributed by atoms with E-state index in [4.69, 9.17) is 0 Å². The zero-order valence-electron chi connectivity index (χ0n) is 16.5. The van der Waals surface area contributed by atoms with E-state index in [1.807, 2.05) is 4.90 Å². The van der Waals surface area contributed by atoms with Crippen LogP contribution < -0.4 is 5.56 Å². The smallest absolute Gasteiger partial charge is 0.281 e. The molecule has 0 radical (unpaired) electrons. The molecule has 3 heterocycles. The number of carbonyl (C=O) groups is 1. The van der Waals surface area contributed by atoms with Crippen LogP contribution in [-0.2, 0) is 28.0 Å². The first kappa shape index (κ1) is 19.5. The number of nitrogens with one attached hydrogen (secondary N) is 1. The summed E-state index contributed by atoms with van der Waals surface area (Å²) in [5.74, 6) is 1.14. The quantitative estimate of drug-likeness (QED) is 0.767. The van der Waals surface area contributed by atoms with Crippen LogP contribution in [-0.4, -0.2) is 65.0 Å². The van der Waals surface area contributed by atoms with E-state index in [0.29, 0.717) is 36.0 Å². The summed E-state index contributed by atoms with van der Waals surface area (Å²) in [4.78, 5) is 34.7. The summed E-state index contributed by atoms with van der Waals surface area (Å²) in [7, 11) is -0.594.